The fourth-order valence-electron chi connectivity index (χ4n) is 2.17. The van der Waals surface area contributed by atoms with Crippen molar-refractivity contribution < 1.29 is 0 Å². The molecule has 0 saturated carbocycles. The van der Waals surface area contributed by atoms with Crippen LogP contribution in [0.15, 0.2) is 6.07 Å². The maximum atomic E-state index is 5.98. The fraction of sp³-hybridized carbons (Fsp3) is 0.357. The van der Waals surface area contributed by atoms with Gasteiger partial charge in [0.05, 0.1) is 0 Å². The van der Waals surface area contributed by atoms with Crippen molar-refractivity contribution in [3.63, 3.8) is 0 Å². The van der Waals surface area contributed by atoms with Gasteiger partial charge in [0.1, 0.15) is 11.5 Å². The molecule has 0 aliphatic heterocycles. The lowest BCUT2D eigenvalue weighted by molar-refractivity contribution is 0.918. The van der Waals surface area contributed by atoms with Gasteiger partial charge in [0.25, 0.3) is 0 Å². The first-order valence-electron chi connectivity index (χ1n) is 5.96. The van der Waals surface area contributed by atoms with Crippen molar-refractivity contribution in [3.05, 3.63) is 34.1 Å². The zero-order valence-electron chi connectivity index (χ0n) is 11.5. The summed E-state index contributed by atoms with van der Waals surface area (Å²) in [5.41, 5.74) is 12.6. The quantitative estimate of drug-likeness (QED) is 0.835. The number of rotatable bonds is 1. The third kappa shape index (κ3) is 1.94. The first-order chi connectivity index (χ1) is 8.41. The molecule has 94 valence electrons. The lowest BCUT2D eigenvalue weighted by Gasteiger charge is -2.15. The highest BCUT2D eigenvalue weighted by molar-refractivity contribution is 5.76. The van der Waals surface area contributed by atoms with Gasteiger partial charge in [0, 0.05) is 5.56 Å². The van der Waals surface area contributed by atoms with Gasteiger partial charge < -0.3 is 5.73 Å². The normalized spacial score (nSPS) is 10.7. The number of hydrogen-bond donors (Lipinski definition) is 1. The first kappa shape index (κ1) is 12.5. The molecule has 0 aliphatic carbocycles. The van der Waals surface area contributed by atoms with E-state index < -0.39 is 0 Å². The molecule has 0 saturated heterocycles. The van der Waals surface area contributed by atoms with Crippen molar-refractivity contribution in [3.8, 4) is 11.3 Å². The van der Waals surface area contributed by atoms with Crippen LogP contribution in [0.3, 0.4) is 0 Å². The molecule has 2 aromatic rings. The van der Waals surface area contributed by atoms with Crippen LogP contribution in [0.1, 0.15) is 28.1 Å². The second-order valence-electron chi connectivity index (χ2n) is 4.73. The van der Waals surface area contributed by atoms with Gasteiger partial charge >= 0.3 is 0 Å². The van der Waals surface area contributed by atoms with E-state index in [-0.39, 0.29) is 0 Å². The van der Waals surface area contributed by atoms with Crippen LogP contribution in [0.5, 0.6) is 0 Å². The summed E-state index contributed by atoms with van der Waals surface area (Å²) in [7, 11) is 0. The largest absolute Gasteiger partial charge is 0.382 e. The van der Waals surface area contributed by atoms with Crippen LogP contribution in [-0.2, 0) is 0 Å². The molecule has 0 amide bonds. The average Bonchev–Trinajstić information content (AvgIpc) is 2.29. The number of hydrogen-bond acceptors (Lipinski definition) is 4. The Morgan fingerprint density at radius 1 is 0.889 bits per heavy atom. The van der Waals surface area contributed by atoms with E-state index in [0.29, 0.717) is 17.3 Å². The van der Waals surface area contributed by atoms with Crippen molar-refractivity contribution in [2.45, 2.75) is 34.6 Å². The minimum absolute atomic E-state index is 0.443. The van der Waals surface area contributed by atoms with E-state index >= 15 is 0 Å². The topological polar surface area (TPSA) is 64.7 Å². The van der Waals surface area contributed by atoms with Crippen LogP contribution in [0.25, 0.3) is 11.3 Å². The van der Waals surface area contributed by atoms with Gasteiger partial charge in [0.15, 0.2) is 5.82 Å². The van der Waals surface area contributed by atoms with E-state index in [1.54, 1.807) is 6.92 Å². The first-order valence-corrected chi connectivity index (χ1v) is 5.96. The summed E-state index contributed by atoms with van der Waals surface area (Å²) in [5, 5.41) is 8.23. The Hall–Kier alpha value is -1.97. The minimum Gasteiger partial charge on any atom is -0.382 e. The van der Waals surface area contributed by atoms with E-state index in [4.69, 9.17) is 5.73 Å². The summed E-state index contributed by atoms with van der Waals surface area (Å²) in [6.45, 7) is 10.1. The molecule has 1 heterocycles. The molecule has 0 fully saturated rings. The monoisotopic (exact) mass is 242 g/mol. The number of nitrogens with two attached hydrogens (primary N) is 1. The van der Waals surface area contributed by atoms with Gasteiger partial charge in [-0.15, -0.1) is 10.2 Å². The molecule has 18 heavy (non-hydrogen) atoms. The fourth-order valence-corrected chi connectivity index (χ4v) is 2.17. The highest BCUT2D eigenvalue weighted by atomic mass is 15.2. The van der Waals surface area contributed by atoms with Crippen molar-refractivity contribution in [1.82, 2.24) is 15.2 Å². The van der Waals surface area contributed by atoms with Gasteiger partial charge in [0.2, 0.25) is 0 Å². The smallest absolute Gasteiger partial charge is 0.154 e. The number of benzene rings is 1. The third-order valence-electron chi connectivity index (χ3n) is 3.42. The highest BCUT2D eigenvalue weighted by Gasteiger charge is 2.15. The molecule has 2 rings (SSSR count). The Balaban J connectivity index is 2.78. The molecule has 1 aromatic carbocycles. The predicted octanol–water partition coefficient (Wildman–Crippen LogP) is 2.66. The van der Waals surface area contributed by atoms with Gasteiger partial charge in [-0.25, -0.2) is 4.98 Å². The van der Waals surface area contributed by atoms with Gasteiger partial charge in [-0.3, -0.25) is 0 Å². The zero-order valence-corrected chi connectivity index (χ0v) is 11.5. The zero-order chi connectivity index (χ0) is 13.4. The Morgan fingerprint density at radius 3 is 1.94 bits per heavy atom. The molecule has 0 radical (unpaired) electrons. The number of aromatic nitrogens is 3. The number of anilines is 1. The van der Waals surface area contributed by atoms with Crippen LogP contribution in [-0.4, -0.2) is 15.2 Å². The van der Waals surface area contributed by atoms with Crippen molar-refractivity contribution in [1.29, 1.82) is 0 Å². The molecule has 0 atom stereocenters. The summed E-state index contributed by atoms with van der Waals surface area (Å²) in [6.07, 6.45) is 0. The van der Waals surface area contributed by atoms with E-state index in [1.807, 2.05) is 0 Å². The third-order valence-corrected chi connectivity index (χ3v) is 3.42. The number of nitrogens with zero attached hydrogens (tertiary/aromatic N) is 3. The Bertz CT molecular complexity index is 591. The van der Waals surface area contributed by atoms with E-state index in [1.165, 1.54) is 22.3 Å². The Morgan fingerprint density at radius 2 is 1.44 bits per heavy atom. The molecule has 4 nitrogen and oxygen atoms in total. The summed E-state index contributed by atoms with van der Waals surface area (Å²) >= 11 is 0. The molecule has 0 spiro atoms. The predicted molar refractivity (Wildman–Crippen MR) is 73.4 cm³/mol. The van der Waals surface area contributed by atoms with Gasteiger partial charge in [-0.2, -0.15) is 0 Å². The lowest BCUT2D eigenvalue weighted by Crippen LogP contribution is -2.05. The van der Waals surface area contributed by atoms with Gasteiger partial charge in [-0.1, -0.05) is 6.07 Å². The molecule has 0 aliphatic rings. The SMILES string of the molecule is Cc1nnc(-c2c(C)c(C)cc(C)c2C)c(N)n1. The van der Waals surface area contributed by atoms with E-state index in [2.05, 4.69) is 48.9 Å². The highest BCUT2D eigenvalue weighted by Crippen LogP contribution is 2.32. The maximum absolute atomic E-state index is 5.98. The molecule has 1 aromatic heterocycles. The molecule has 4 heteroatoms. The molecule has 0 bridgehead atoms. The summed E-state index contributed by atoms with van der Waals surface area (Å²) in [6, 6.07) is 2.18. The van der Waals surface area contributed by atoms with E-state index in [9.17, 15) is 0 Å². The average molecular weight is 242 g/mol. The molecule has 0 unspecified atom stereocenters. The molecular formula is C14H18N4. The summed E-state index contributed by atoms with van der Waals surface area (Å²) in [5.74, 6) is 1.04. The van der Waals surface area contributed by atoms with Crippen LogP contribution >= 0.6 is 0 Å². The summed E-state index contributed by atoms with van der Waals surface area (Å²) < 4.78 is 0. The summed E-state index contributed by atoms with van der Waals surface area (Å²) in [4.78, 5) is 4.20. The van der Waals surface area contributed by atoms with Crippen molar-refractivity contribution in [2.75, 3.05) is 5.73 Å². The maximum Gasteiger partial charge on any atom is 0.154 e. The Labute approximate surface area is 107 Å². The Kier molecular flexibility index (Phi) is 3.03. The second-order valence-corrected chi connectivity index (χ2v) is 4.73. The number of aryl methyl sites for hydroxylation is 3. The van der Waals surface area contributed by atoms with Crippen LogP contribution in [0.4, 0.5) is 5.82 Å². The molecular weight excluding hydrogens is 224 g/mol. The van der Waals surface area contributed by atoms with Crippen LogP contribution in [0.2, 0.25) is 0 Å². The lowest BCUT2D eigenvalue weighted by atomic mass is 9.92. The van der Waals surface area contributed by atoms with Crippen molar-refractivity contribution in [2.24, 2.45) is 0 Å². The van der Waals surface area contributed by atoms with Crippen molar-refractivity contribution >= 4 is 5.82 Å². The van der Waals surface area contributed by atoms with Gasteiger partial charge in [-0.05, 0) is 56.9 Å². The van der Waals surface area contributed by atoms with E-state index in [0.717, 1.165) is 5.56 Å². The van der Waals surface area contributed by atoms with Crippen LogP contribution < -0.4 is 5.73 Å². The minimum atomic E-state index is 0.443. The standard InChI is InChI=1S/C14H18N4/c1-7-6-8(2)10(4)12(9(7)3)13-14(15)16-11(5)17-18-13/h6H,1-5H3,(H2,15,16,17). The number of nitrogen functional groups attached to an aromatic ring is 1. The molecule has 2 N–H and O–H groups in total. The second kappa shape index (κ2) is 4.37. The van der Waals surface area contributed by atoms with Crippen LogP contribution in [0, 0.1) is 34.6 Å².